The number of carbonyl (C=O) groups excluding carboxylic acids is 1. The van der Waals surface area contributed by atoms with E-state index in [0.717, 1.165) is 28.3 Å². The number of aryl methyl sites for hydroxylation is 1. The Morgan fingerprint density at radius 2 is 1.64 bits per heavy atom. The summed E-state index contributed by atoms with van der Waals surface area (Å²) >= 11 is 0. The number of benzene rings is 2. The smallest absolute Gasteiger partial charge is 0.255 e. The second-order valence-corrected chi connectivity index (χ2v) is 7.07. The number of hydrogen-bond acceptors (Lipinski definition) is 3. The first-order valence-corrected chi connectivity index (χ1v) is 9.14. The molecule has 2 heterocycles. The zero-order valence-electron chi connectivity index (χ0n) is 16.2. The van der Waals surface area contributed by atoms with E-state index in [2.05, 4.69) is 29.5 Å². The number of rotatable bonds is 4. The van der Waals surface area contributed by atoms with Crippen molar-refractivity contribution in [2.24, 2.45) is 0 Å². The fraction of sp³-hybridized carbons (Fsp3) is 0.130. The van der Waals surface area contributed by atoms with Crippen LogP contribution < -0.4 is 10.2 Å². The maximum atomic E-state index is 12.5. The van der Waals surface area contributed by atoms with Crippen molar-refractivity contribution in [1.82, 2.24) is 9.38 Å². The van der Waals surface area contributed by atoms with Crippen LogP contribution in [0.4, 0.5) is 11.4 Å². The molecule has 0 atom stereocenters. The lowest BCUT2D eigenvalue weighted by Crippen LogP contribution is -2.13. The SMILES string of the molecule is Cc1ccc2nc(-c3ccc(NC(=O)c4ccc(N(C)C)cc4)cc3)cn2c1. The Morgan fingerprint density at radius 3 is 2.32 bits per heavy atom. The Balaban J connectivity index is 1.50. The van der Waals surface area contributed by atoms with Gasteiger partial charge in [-0.25, -0.2) is 4.98 Å². The summed E-state index contributed by atoms with van der Waals surface area (Å²) in [6, 6.07) is 19.3. The van der Waals surface area contributed by atoms with Crippen LogP contribution in [0.2, 0.25) is 0 Å². The van der Waals surface area contributed by atoms with E-state index in [4.69, 9.17) is 0 Å². The van der Waals surface area contributed by atoms with E-state index in [-0.39, 0.29) is 5.91 Å². The van der Waals surface area contributed by atoms with Gasteiger partial charge in [-0.15, -0.1) is 0 Å². The minimum absolute atomic E-state index is 0.124. The number of nitrogens with zero attached hydrogens (tertiary/aromatic N) is 3. The van der Waals surface area contributed by atoms with Crippen LogP contribution in [-0.2, 0) is 0 Å². The van der Waals surface area contributed by atoms with E-state index in [1.165, 1.54) is 5.56 Å². The van der Waals surface area contributed by atoms with Crippen molar-refractivity contribution >= 4 is 22.9 Å². The number of amides is 1. The molecule has 5 nitrogen and oxygen atoms in total. The molecule has 0 radical (unpaired) electrons. The predicted molar refractivity (Wildman–Crippen MR) is 114 cm³/mol. The third kappa shape index (κ3) is 3.60. The number of imidazole rings is 1. The maximum Gasteiger partial charge on any atom is 0.255 e. The monoisotopic (exact) mass is 370 g/mol. The maximum absolute atomic E-state index is 12.5. The molecule has 0 saturated heterocycles. The van der Waals surface area contributed by atoms with Gasteiger partial charge in [-0.05, 0) is 55.0 Å². The lowest BCUT2D eigenvalue weighted by Gasteiger charge is -2.12. The molecule has 0 aliphatic carbocycles. The van der Waals surface area contributed by atoms with Gasteiger partial charge >= 0.3 is 0 Å². The van der Waals surface area contributed by atoms with Crippen LogP contribution >= 0.6 is 0 Å². The van der Waals surface area contributed by atoms with E-state index in [1.807, 2.05) is 84.2 Å². The fourth-order valence-corrected chi connectivity index (χ4v) is 3.08. The molecular weight excluding hydrogens is 348 g/mol. The second-order valence-electron chi connectivity index (χ2n) is 7.07. The van der Waals surface area contributed by atoms with Crippen LogP contribution in [-0.4, -0.2) is 29.4 Å². The number of anilines is 2. The molecule has 1 N–H and O–H groups in total. The molecule has 0 spiro atoms. The molecule has 0 fully saturated rings. The van der Waals surface area contributed by atoms with Gasteiger partial charge in [-0.1, -0.05) is 18.2 Å². The van der Waals surface area contributed by atoms with E-state index >= 15 is 0 Å². The predicted octanol–water partition coefficient (Wildman–Crippen LogP) is 4.63. The van der Waals surface area contributed by atoms with Crippen LogP contribution in [0.15, 0.2) is 73.1 Å². The van der Waals surface area contributed by atoms with Gasteiger partial charge < -0.3 is 14.6 Å². The van der Waals surface area contributed by atoms with Crippen LogP contribution in [0, 0.1) is 6.92 Å². The van der Waals surface area contributed by atoms with E-state index < -0.39 is 0 Å². The number of nitrogens with one attached hydrogen (secondary N) is 1. The number of aromatic nitrogens is 2. The van der Waals surface area contributed by atoms with Gasteiger partial charge in [0, 0.05) is 49.0 Å². The minimum atomic E-state index is -0.124. The highest BCUT2D eigenvalue weighted by molar-refractivity contribution is 6.04. The molecule has 2 aromatic heterocycles. The first-order valence-electron chi connectivity index (χ1n) is 9.14. The quantitative estimate of drug-likeness (QED) is 0.570. The Labute approximate surface area is 164 Å². The average Bonchev–Trinajstić information content (AvgIpc) is 3.11. The summed E-state index contributed by atoms with van der Waals surface area (Å²) in [5, 5.41) is 2.94. The molecule has 2 aromatic carbocycles. The highest BCUT2D eigenvalue weighted by Crippen LogP contribution is 2.22. The molecule has 4 rings (SSSR count). The molecule has 0 aliphatic rings. The Hall–Kier alpha value is -3.60. The van der Waals surface area contributed by atoms with Gasteiger partial charge in [-0.2, -0.15) is 0 Å². The summed E-state index contributed by atoms with van der Waals surface area (Å²) in [5.41, 5.74) is 6.46. The lowest BCUT2D eigenvalue weighted by atomic mass is 10.1. The summed E-state index contributed by atoms with van der Waals surface area (Å²) in [5.74, 6) is -0.124. The van der Waals surface area contributed by atoms with Crippen LogP contribution in [0.1, 0.15) is 15.9 Å². The van der Waals surface area contributed by atoms with Crippen molar-refractivity contribution in [1.29, 1.82) is 0 Å². The average molecular weight is 370 g/mol. The van der Waals surface area contributed by atoms with Crippen LogP contribution in [0.25, 0.3) is 16.9 Å². The topological polar surface area (TPSA) is 49.6 Å². The number of fused-ring (bicyclic) bond motifs is 1. The van der Waals surface area contributed by atoms with Crippen molar-refractivity contribution in [2.45, 2.75) is 6.92 Å². The highest BCUT2D eigenvalue weighted by Gasteiger charge is 2.08. The van der Waals surface area contributed by atoms with Gasteiger partial charge in [0.1, 0.15) is 5.65 Å². The van der Waals surface area contributed by atoms with Crippen LogP contribution in [0.3, 0.4) is 0 Å². The molecule has 0 saturated carbocycles. The van der Waals surface area contributed by atoms with Gasteiger partial charge in [0.05, 0.1) is 5.69 Å². The molecule has 28 heavy (non-hydrogen) atoms. The Morgan fingerprint density at radius 1 is 0.929 bits per heavy atom. The second kappa shape index (κ2) is 7.19. The molecule has 0 unspecified atom stereocenters. The van der Waals surface area contributed by atoms with E-state index in [1.54, 1.807) is 0 Å². The Bertz CT molecular complexity index is 1130. The summed E-state index contributed by atoms with van der Waals surface area (Å²) < 4.78 is 2.03. The molecular formula is C23H22N4O. The standard InChI is InChI=1S/C23H22N4O/c1-16-4-13-22-25-21(15-27(22)14-16)17-5-9-19(10-6-17)24-23(28)18-7-11-20(12-8-18)26(2)3/h4-15H,1-3H3,(H,24,28). The van der Waals surface area contributed by atoms with Crippen LogP contribution in [0.5, 0.6) is 0 Å². The number of pyridine rings is 1. The third-order valence-electron chi connectivity index (χ3n) is 4.68. The first-order chi connectivity index (χ1) is 13.5. The zero-order chi connectivity index (χ0) is 19.7. The molecule has 0 aliphatic heterocycles. The molecule has 1 amide bonds. The van der Waals surface area contributed by atoms with Gasteiger partial charge in [-0.3, -0.25) is 4.79 Å². The summed E-state index contributed by atoms with van der Waals surface area (Å²) in [6.45, 7) is 2.06. The molecule has 0 bridgehead atoms. The largest absolute Gasteiger partial charge is 0.378 e. The normalized spacial score (nSPS) is 10.8. The molecule has 5 heteroatoms. The lowest BCUT2D eigenvalue weighted by molar-refractivity contribution is 0.102. The summed E-state index contributed by atoms with van der Waals surface area (Å²) in [4.78, 5) is 19.1. The Kier molecular flexibility index (Phi) is 4.57. The zero-order valence-corrected chi connectivity index (χ0v) is 16.2. The fourth-order valence-electron chi connectivity index (χ4n) is 3.08. The van der Waals surface area contributed by atoms with Crippen molar-refractivity contribution in [3.05, 3.63) is 84.2 Å². The first kappa shape index (κ1) is 17.8. The molecule has 140 valence electrons. The van der Waals surface area contributed by atoms with E-state index in [9.17, 15) is 4.79 Å². The highest BCUT2D eigenvalue weighted by atomic mass is 16.1. The minimum Gasteiger partial charge on any atom is -0.378 e. The van der Waals surface area contributed by atoms with E-state index in [0.29, 0.717) is 5.56 Å². The van der Waals surface area contributed by atoms with Crippen molar-refractivity contribution in [2.75, 3.05) is 24.3 Å². The molecule has 4 aromatic rings. The number of hydrogen-bond donors (Lipinski definition) is 1. The third-order valence-corrected chi connectivity index (χ3v) is 4.68. The van der Waals surface area contributed by atoms with Gasteiger partial charge in [0.25, 0.3) is 5.91 Å². The van der Waals surface area contributed by atoms with Gasteiger partial charge in [0.2, 0.25) is 0 Å². The van der Waals surface area contributed by atoms with Crippen molar-refractivity contribution < 1.29 is 4.79 Å². The summed E-state index contributed by atoms with van der Waals surface area (Å²) in [6.07, 6.45) is 4.07. The van der Waals surface area contributed by atoms with Crippen molar-refractivity contribution in [3.8, 4) is 11.3 Å². The van der Waals surface area contributed by atoms with Gasteiger partial charge in [0.15, 0.2) is 0 Å². The summed E-state index contributed by atoms with van der Waals surface area (Å²) in [7, 11) is 3.95. The number of carbonyl (C=O) groups is 1. The van der Waals surface area contributed by atoms with Crippen molar-refractivity contribution in [3.63, 3.8) is 0 Å².